The first-order valence-corrected chi connectivity index (χ1v) is 5.75. The standard InChI is InChI=1S/C11H8Cl2N2S/c1-6-14-10(5-11(16)15-6)7-2-8(12)4-9(13)3-7/h2-5H,1H3,(H,14,15,16). The number of benzene rings is 1. The van der Waals surface area contributed by atoms with E-state index >= 15 is 0 Å². The normalized spacial score (nSPS) is 10.4. The molecule has 0 bridgehead atoms. The minimum atomic E-state index is 0.544. The van der Waals surface area contributed by atoms with Crippen molar-refractivity contribution in [3.8, 4) is 11.3 Å². The summed E-state index contributed by atoms with van der Waals surface area (Å²) in [6.45, 7) is 1.85. The van der Waals surface area contributed by atoms with Crippen LogP contribution in [-0.2, 0) is 0 Å². The van der Waals surface area contributed by atoms with Crippen LogP contribution in [0.15, 0.2) is 24.3 Å². The molecule has 0 aliphatic heterocycles. The van der Waals surface area contributed by atoms with Gasteiger partial charge in [-0.2, -0.15) is 0 Å². The molecule has 16 heavy (non-hydrogen) atoms. The lowest BCUT2D eigenvalue weighted by molar-refractivity contribution is 1.05. The fraction of sp³-hybridized carbons (Fsp3) is 0.0909. The molecule has 0 aliphatic carbocycles. The molecule has 1 N–H and O–H groups in total. The molecule has 0 atom stereocenters. The molecule has 0 amide bonds. The molecular weight excluding hydrogens is 263 g/mol. The van der Waals surface area contributed by atoms with Crippen LogP contribution in [0.4, 0.5) is 0 Å². The Bertz CT molecular complexity index is 573. The SMILES string of the molecule is Cc1nc(=S)cc(-c2cc(Cl)cc(Cl)c2)[nH]1. The average molecular weight is 271 g/mol. The maximum absolute atomic E-state index is 5.94. The number of aromatic nitrogens is 2. The van der Waals surface area contributed by atoms with Gasteiger partial charge >= 0.3 is 0 Å². The van der Waals surface area contributed by atoms with E-state index in [0.717, 1.165) is 17.1 Å². The van der Waals surface area contributed by atoms with E-state index in [1.807, 2.05) is 19.1 Å². The number of hydrogen-bond acceptors (Lipinski definition) is 2. The lowest BCUT2D eigenvalue weighted by Crippen LogP contribution is -1.91. The quantitative estimate of drug-likeness (QED) is 0.778. The largest absolute Gasteiger partial charge is 0.343 e. The summed E-state index contributed by atoms with van der Waals surface area (Å²) >= 11 is 16.9. The summed E-state index contributed by atoms with van der Waals surface area (Å²) in [7, 11) is 0. The molecule has 2 aromatic rings. The molecule has 2 nitrogen and oxygen atoms in total. The van der Waals surface area contributed by atoms with Crippen LogP contribution in [0.3, 0.4) is 0 Å². The highest BCUT2D eigenvalue weighted by molar-refractivity contribution is 7.71. The number of aromatic amines is 1. The van der Waals surface area contributed by atoms with Gasteiger partial charge in [0.1, 0.15) is 10.5 Å². The Kier molecular flexibility index (Phi) is 3.28. The molecule has 0 unspecified atom stereocenters. The maximum Gasteiger partial charge on any atom is 0.130 e. The summed E-state index contributed by atoms with van der Waals surface area (Å²) in [5, 5.41) is 1.19. The zero-order chi connectivity index (χ0) is 11.7. The van der Waals surface area contributed by atoms with Crippen LogP contribution in [-0.4, -0.2) is 9.97 Å². The third kappa shape index (κ3) is 2.61. The smallest absolute Gasteiger partial charge is 0.130 e. The first kappa shape index (κ1) is 11.6. The molecule has 0 radical (unpaired) electrons. The molecule has 0 saturated carbocycles. The van der Waals surface area contributed by atoms with E-state index in [1.54, 1.807) is 12.1 Å². The van der Waals surface area contributed by atoms with Gasteiger partial charge in [-0.3, -0.25) is 0 Å². The van der Waals surface area contributed by atoms with Crippen LogP contribution < -0.4 is 0 Å². The van der Waals surface area contributed by atoms with E-state index < -0.39 is 0 Å². The monoisotopic (exact) mass is 270 g/mol. The number of aryl methyl sites for hydroxylation is 1. The van der Waals surface area contributed by atoms with Gasteiger partial charge in [-0.25, -0.2) is 4.98 Å². The zero-order valence-electron chi connectivity index (χ0n) is 8.42. The Morgan fingerprint density at radius 1 is 1.12 bits per heavy atom. The summed E-state index contributed by atoms with van der Waals surface area (Å²) in [4.78, 5) is 7.22. The van der Waals surface area contributed by atoms with Crippen LogP contribution in [0.1, 0.15) is 5.82 Å². The minimum Gasteiger partial charge on any atom is -0.343 e. The van der Waals surface area contributed by atoms with Gasteiger partial charge in [0.05, 0.1) is 0 Å². The number of hydrogen-bond donors (Lipinski definition) is 1. The van der Waals surface area contributed by atoms with E-state index in [4.69, 9.17) is 35.4 Å². The van der Waals surface area contributed by atoms with Gasteiger partial charge in [-0.1, -0.05) is 35.4 Å². The highest BCUT2D eigenvalue weighted by atomic mass is 35.5. The third-order valence-electron chi connectivity index (χ3n) is 2.03. The Morgan fingerprint density at radius 2 is 1.75 bits per heavy atom. The van der Waals surface area contributed by atoms with Crippen molar-refractivity contribution >= 4 is 35.4 Å². The summed E-state index contributed by atoms with van der Waals surface area (Å²) in [5.74, 6) is 0.763. The van der Waals surface area contributed by atoms with Crippen molar-refractivity contribution in [1.82, 2.24) is 9.97 Å². The number of H-pyrrole nitrogens is 1. The number of halogens is 2. The van der Waals surface area contributed by atoms with Crippen molar-refractivity contribution < 1.29 is 0 Å². The predicted molar refractivity (Wildman–Crippen MR) is 69.6 cm³/mol. The van der Waals surface area contributed by atoms with E-state index in [-0.39, 0.29) is 0 Å². The Labute approximate surface area is 108 Å². The van der Waals surface area contributed by atoms with Crippen LogP contribution in [0.2, 0.25) is 10.0 Å². The molecule has 1 heterocycles. The lowest BCUT2D eigenvalue weighted by Gasteiger charge is -2.04. The summed E-state index contributed by atoms with van der Waals surface area (Å²) in [6.07, 6.45) is 0. The van der Waals surface area contributed by atoms with Gasteiger partial charge in [0, 0.05) is 21.3 Å². The van der Waals surface area contributed by atoms with Gasteiger partial charge < -0.3 is 4.98 Å². The average Bonchev–Trinajstić information content (AvgIpc) is 2.14. The van der Waals surface area contributed by atoms with Crippen LogP contribution in [0.25, 0.3) is 11.3 Å². The second-order valence-corrected chi connectivity index (χ2v) is 4.67. The van der Waals surface area contributed by atoms with Crippen molar-refractivity contribution in [2.45, 2.75) is 6.92 Å². The summed E-state index contributed by atoms with van der Waals surface area (Å²) < 4.78 is 0.544. The van der Waals surface area contributed by atoms with Crippen LogP contribution in [0.5, 0.6) is 0 Å². The molecule has 1 aromatic carbocycles. The van der Waals surface area contributed by atoms with Crippen molar-refractivity contribution in [2.75, 3.05) is 0 Å². The highest BCUT2D eigenvalue weighted by Crippen LogP contribution is 2.25. The molecule has 82 valence electrons. The van der Waals surface area contributed by atoms with Gasteiger partial charge in [-0.15, -0.1) is 0 Å². The molecule has 5 heteroatoms. The fourth-order valence-electron chi connectivity index (χ4n) is 1.44. The van der Waals surface area contributed by atoms with E-state index in [0.29, 0.717) is 14.7 Å². The van der Waals surface area contributed by atoms with Crippen LogP contribution >= 0.6 is 35.4 Å². The topological polar surface area (TPSA) is 28.7 Å². The third-order valence-corrected chi connectivity index (χ3v) is 2.68. The highest BCUT2D eigenvalue weighted by Gasteiger charge is 2.02. The van der Waals surface area contributed by atoms with Crippen molar-refractivity contribution in [2.24, 2.45) is 0 Å². The predicted octanol–water partition coefficient (Wildman–Crippen LogP) is 4.42. The van der Waals surface area contributed by atoms with Crippen molar-refractivity contribution in [3.63, 3.8) is 0 Å². The van der Waals surface area contributed by atoms with Gasteiger partial charge in [-0.05, 0) is 31.2 Å². The molecule has 0 fully saturated rings. The zero-order valence-corrected chi connectivity index (χ0v) is 10.7. The second-order valence-electron chi connectivity index (χ2n) is 3.38. The molecule has 2 rings (SSSR count). The van der Waals surface area contributed by atoms with Gasteiger partial charge in [0.15, 0.2) is 0 Å². The first-order valence-electron chi connectivity index (χ1n) is 4.59. The Balaban J connectivity index is 2.62. The minimum absolute atomic E-state index is 0.544. The van der Waals surface area contributed by atoms with Crippen LogP contribution in [0, 0.1) is 11.6 Å². The summed E-state index contributed by atoms with van der Waals surface area (Å²) in [5.41, 5.74) is 1.76. The fourth-order valence-corrected chi connectivity index (χ4v) is 2.23. The van der Waals surface area contributed by atoms with E-state index in [2.05, 4.69) is 9.97 Å². The number of rotatable bonds is 1. The first-order chi connectivity index (χ1) is 7.54. The Morgan fingerprint density at radius 3 is 2.31 bits per heavy atom. The molecular formula is C11H8Cl2N2S. The molecule has 0 aliphatic rings. The second kappa shape index (κ2) is 4.53. The van der Waals surface area contributed by atoms with E-state index in [1.165, 1.54) is 0 Å². The van der Waals surface area contributed by atoms with Gasteiger partial charge in [0.2, 0.25) is 0 Å². The molecule has 0 spiro atoms. The Hall–Kier alpha value is -0.900. The maximum atomic E-state index is 5.94. The number of nitrogens with one attached hydrogen (secondary N) is 1. The van der Waals surface area contributed by atoms with E-state index in [9.17, 15) is 0 Å². The van der Waals surface area contributed by atoms with Gasteiger partial charge in [0.25, 0.3) is 0 Å². The summed E-state index contributed by atoms with van der Waals surface area (Å²) in [6, 6.07) is 7.13. The molecule has 0 saturated heterocycles. The lowest BCUT2D eigenvalue weighted by atomic mass is 10.1. The number of nitrogens with zero attached hydrogens (tertiary/aromatic N) is 1. The van der Waals surface area contributed by atoms with Crippen molar-refractivity contribution in [3.05, 3.63) is 44.8 Å². The molecule has 1 aromatic heterocycles. The van der Waals surface area contributed by atoms with Crippen molar-refractivity contribution in [1.29, 1.82) is 0 Å².